The number of aliphatic carboxylic acids is 1. The Labute approximate surface area is 281 Å². The molecule has 0 aliphatic carbocycles. The van der Waals surface area contributed by atoms with Crippen LogP contribution in [-0.2, 0) is 18.4 Å². The average Bonchev–Trinajstić information content (AvgIpc) is 2.89. The Bertz CT molecular complexity index is 810. The van der Waals surface area contributed by atoms with Gasteiger partial charge in [0.1, 0.15) is 0 Å². The summed E-state index contributed by atoms with van der Waals surface area (Å²) in [5, 5.41) is 9.88. The summed E-state index contributed by atoms with van der Waals surface area (Å²) in [5.74, 6) is -0.785. The summed E-state index contributed by atoms with van der Waals surface area (Å²) in [6, 6.07) is 0. The Kier molecular flexibility index (Phi) is 19.9. The standard InChI is InChI=1S/C24H49O5Si2.3C4H9.Sn/c1-13-18-27-20(15-14-19-28-30(9,10)22(2,3)4)24(8,17-16-21(25)26)29-31(11,12)23(5,6)7;3*1-3-4-2;/h13,18,20H,1,14-17,19H2,2-12H3,(H,25,26);3*1,3-4H2,2H3;/b18-13-;;;;/t20-,24+;;;;/m1..../s1. The fourth-order valence-corrected chi connectivity index (χ4v) is 23.3. The van der Waals surface area contributed by atoms with Gasteiger partial charge in [0.25, 0.3) is 0 Å². The van der Waals surface area contributed by atoms with Crippen molar-refractivity contribution in [2.75, 3.05) is 6.61 Å². The van der Waals surface area contributed by atoms with Crippen LogP contribution in [0.2, 0.25) is 54.0 Å². The van der Waals surface area contributed by atoms with Gasteiger partial charge in [-0.1, -0.05) is 0 Å². The van der Waals surface area contributed by atoms with Gasteiger partial charge in [0.05, 0.1) is 0 Å². The summed E-state index contributed by atoms with van der Waals surface area (Å²) >= 11 is -2.32. The molecule has 0 heterocycles. The monoisotopic (exact) mass is 764 g/mol. The fourth-order valence-electron chi connectivity index (χ4n) is 5.48. The van der Waals surface area contributed by atoms with Gasteiger partial charge in [-0.2, -0.15) is 0 Å². The Hall–Kier alpha value is 0.162. The molecule has 0 amide bonds. The molecule has 1 N–H and O–H groups in total. The van der Waals surface area contributed by atoms with Gasteiger partial charge in [0.15, 0.2) is 0 Å². The molecule has 0 radical (unpaired) electrons. The van der Waals surface area contributed by atoms with Crippen LogP contribution in [0.4, 0.5) is 0 Å². The summed E-state index contributed by atoms with van der Waals surface area (Å²) in [5.41, 5.74) is -0.699. The number of carboxylic acid groups (broad SMARTS) is 1. The van der Waals surface area contributed by atoms with Gasteiger partial charge < -0.3 is 0 Å². The molecule has 262 valence electrons. The number of allylic oxidation sites excluding steroid dienone is 1. The van der Waals surface area contributed by atoms with Crippen molar-refractivity contribution < 1.29 is 23.5 Å². The van der Waals surface area contributed by atoms with E-state index in [1.165, 1.54) is 56.3 Å². The molecule has 5 nitrogen and oxygen atoms in total. The zero-order chi connectivity index (χ0) is 34.3. The molecule has 0 aromatic rings. The van der Waals surface area contributed by atoms with E-state index in [2.05, 4.69) is 102 Å². The number of ether oxygens (including phenoxy) is 1. The van der Waals surface area contributed by atoms with E-state index in [0.29, 0.717) is 13.0 Å². The van der Waals surface area contributed by atoms with Crippen LogP contribution in [0.3, 0.4) is 0 Å². The normalized spacial score (nSPS) is 15.9. The first-order chi connectivity index (χ1) is 20.1. The molecule has 0 aliphatic heterocycles. The van der Waals surface area contributed by atoms with Crippen LogP contribution in [0, 0.1) is 0 Å². The van der Waals surface area contributed by atoms with E-state index in [9.17, 15) is 9.90 Å². The average molecular weight is 764 g/mol. The topological polar surface area (TPSA) is 65.0 Å². The molecule has 44 heavy (non-hydrogen) atoms. The summed E-state index contributed by atoms with van der Waals surface area (Å²) < 4.78 is 26.1. The minimum absolute atomic E-state index is 0.00915. The molecule has 0 aliphatic rings. The molecule has 0 saturated heterocycles. The predicted octanol–water partition coefficient (Wildman–Crippen LogP) is 12.2. The van der Waals surface area contributed by atoms with Crippen molar-refractivity contribution in [2.45, 2.75) is 199 Å². The van der Waals surface area contributed by atoms with Gasteiger partial charge in [-0.15, -0.1) is 0 Å². The second-order valence-electron chi connectivity index (χ2n) is 16.8. The molecule has 0 saturated carbocycles. The van der Waals surface area contributed by atoms with Crippen LogP contribution in [0.25, 0.3) is 0 Å². The van der Waals surface area contributed by atoms with E-state index >= 15 is 0 Å². The molecule has 0 aromatic heterocycles. The van der Waals surface area contributed by atoms with Crippen LogP contribution in [0.5, 0.6) is 0 Å². The number of rotatable bonds is 24. The van der Waals surface area contributed by atoms with Crippen molar-refractivity contribution in [1.29, 1.82) is 0 Å². The predicted molar refractivity (Wildman–Crippen MR) is 200 cm³/mol. The fraction of sp³-hybridized carbons (Fsp3) is 0.917. The molecule has 0 aromatic carbocycles. The van der Waals surface area contributed by atoms with Crippen molar-refractivity contribution in [3.63, 3.8) is 0 Å². The van der Waals surface area contributed by atoms with E-state index < -0.39 is 46.6 Å². The van der Waals surface area contributed by atoms with Crippen molar-refractivity contribution in [3.8, 4) is 0 Å². The molecule has 0 fully saturated rings. The first-order valence-electron chi connectivity index (χ1n) is 18.0. The number of carboxylic acids is 1. The Morgan fingerprint density at radius 2 is 1.27 bits per heavy atom. The molecular formula is C36H76O5Si2Sn. The zero-order valence-corrected chi connectivity index (χ0v) is 36.8. The Balaban J connectivity index is 6.27. The van der Waals surface area contributed by atoms with Gasteiger partial charge in [-0.3, -0.25) is 0 Å². The third-order valence-electron chi connectivity index (χ3n) is 10.8. The van der Waals surface area contributed by atoms with Crippen LogP contribution >= 0.6 is 0 Å². The molecule has 0 unspecified atom stereocenters. The van der Waals surface area contributed by atoms with E-state index in [1.54, 1.807) is 0 Å². The summed E-state index contributed by atoms with van der Waals surface area (Å²) in [6.45, 7) is 32.5. The van der Waals surface area contributed by atoms with Gasteiger partial charge in [0, 0.05) is 0 Å². The number of carbonyl (C=O) groups is 1. The third kappa shape index (κ3) is 15.8. The molecule has 8 heteroatoms. The quantitative estimate of drug-likeness (QED) is 0.0602. The van der Waals surface area contributed by atoms with Gasteiger partial charge in [-0.25, -0.2) is 0 Å². The maximum atomic E-state index is 11.8. The van der Waals surface area contributed by atoms with Crippen molar-refractivity contribution in [2.24, 2.45) is 0 Å². The Morgan fingerprint density at radius 1 is 0.795 bits per heavy atom. The SMILES string of the molecule is CCC[CH2][Sn]([CH2]/C=C\O[C@H](CCCO[Si](C)(C)C(C)(C)C)[C@](C)(CCC(=O)O)O[Si](C)(C)C(C)(C)C)([CH2]CCC)[CH2]CCC. The maximum absolute atomic E-state index is 11.8. The van der Waals surface area contributed by atoms with Gasteiger partial charge >= 0.3 is 283 Å². The molecule has 2 atom stereocenters. The number of hydrogen-bond donors (Lipinski definition) is 1. The second kappa shape index (κ2) is 19.9. The number of unbranched alkanes of at least 4 members (excludes halogenated alkanes) is 3. The van der Waals surface area contributed by atoms with Crippen LogP contribution in [-0.4, -0.2) is 64.4 Å². The van der Waals surface area contributed by atoms with Crippen molar-refractivity contribution in [3.05, 3.63) is 12.3 Å². The second-order valence-corrected chi connectivity index (χ2v) is 40.4. The third-order valence-corrected chi connectivity index (χ3v) is 35.1. The summed E-state index contributed by atoms with van der Waals surface area (Å²) in [6.07, 6.45) is 14.2. The molecule has 0 spiro atoms. The Morgan fingerprint density at radius 3 is 1.68 bits per heavy atom. The first-order valence-corrected chi connectivity index (χ1v) is 31.9. The zero-order valence-electron chi connectivity index (χ0n) is 31.9. The van der Waals surface area contributed by atoms with E-state index in [0.717, 1.165) is 12.8 Å². The van der Waals surface area contributed by atoms with Crippen molar-refractivity contribution in [1.82, 2.24) is 0 Å². The summed E-state index contributed by atoms with van der Waals surface area (Å²) in [4.78, 5) is 11.8. The van der Waals surface area contributed by atoms with Crippen LogP contribution in [0.15, 0.2) is 12.3 Å². The first kappa shape index (κ1) is 44.2. The van der Waals surface area contributed by atoms with Crippen LogP contribution in [0.1, 0.15) is 133 Å². The molecular weight excluding hydrogens is 687 g/mol. The minimum atomic E-state index is -2.32. The molecule has 0 bridgehead atoms. The van der Waals surface area contributed by atoms with E-state index in [-0.39, 0.29) is 22.6 Å². The van der Waals surface area contributed by atoms with Crippen LogP contribution < -0.4 is 0 Å². The number of hydrogen-bond acceptors (Lipinski definition) is 4. The van der Waals surface area contributed by atoms with Gasteiger partial charge in [-0.05, 0) is 0 Å². The van der Waals surface area contributed by atoms with Gasteiger partial charge in [0.2, 0.25) is 0 Å². The van der Waals surface area contributed by atoms with Crippen molar-refractivity contribution >= 4 is 41.0 Å². The van der Waals surface area contributed by atoms with E-state index in [1.807, 2.05) is 6.26 Å². The summed E-state index contributed by atoms with van der Waals surface area (Å²) in [7, 11) is -4.06. The van der Waals surface area contributed by atoms with E-state index in [4.69, 9.17) is 13.6 Å². The molecule has 0 rings (SSSR count).